The average molecular weight is 212 g/mol. The Hall–Kier alpha value is -0.0400. The maximum absolute atomic E-state index is 2.40. The van der Waals surface area contributed by atoms with Crippen LogP contribution in [0.4, 0.5) is 0 Å². The number of hydrogen-bond donors (Lipinski definition) is 0. The lowest BCUT2D eigenvalue weighted by Crippen LogP contribution is -2.56. The minimum Gasteiger partial charge on any atom is -0.321 e. The Morgan fingerprint density at radius 1 is 0.867 bits per heavy atom. The van der Waals surface area contributed by atoms with Crippen molar-refractivity contribution < 1.29 is 4.48 Å². The Bertz CT molecular complexity index is 153. The van der Waals surface area contributed by atoms with Crippen LogP contribution in [0.3, 0.4) is 0 Å². The molecule has 1 aliphatic carbocycles. The minimum atomic E-state index is 0.989. The molecule has 0 aromatic rings. The Labute approximate surface area is 96.4 Å². The first-order valence-corrected chi connectivity index (χ1v) is 7.14. The van der Waals surface area contributed by atoms with Gasteiger partial charge < -0.3 is 4.48 Å². The zero-order valence-corrected chi connectivity index (χ0v) is 11.1. The highest BCUT2D eigenvalue weighted by molar-refractivity contribution is 4.67. The summed E-state index contributed by atoms with van der Waals surface area (Å²) >= 11 is 0. The van der Waals surface area contributed by atoms with Gasteiger partial charge in [0.25, 0.3) is 0 Å². The van der Waals surface area contributed by atoms with E-state index in [1.165, 1.54) is 69.1 Å². The zero-order chi connectivity index (χ0) is 11.1. The molecular weight excluding hydrogens is 182 g/mol. The smallest absolute Gasteiger partial charge is 0.0890 e. The van der Waals surface area contributed by atoms with E-state index in [1.807, 2.05) is 0 Å². The molecule has 0 aliphatic heterocycles. The third-order valence-corrected chi connectivity index (χ3v) is 4.32. The Morgan fingerprint density at radius 3 is 1.80 bits per heavy atom. The highest BCUT2D eigenvalue weighted by atomic mass is 15.4. The third-order valence-electron chi connectivity index (χ3n) is 4.32. The molecule has 0 amide bonds. The molecule has 0 spiro atoms. The van der Waals surface area contributed by atoms with Crippen LogP contribution in [0.1, 0.15) is 65.7 Å². The van der Waals surface area contributed by atoms with Gasteiger partial charge in [-0.25, -0.2) is 0 Å². The van der Waals surface area contributed by atoms with E-state index < -0.39 is 0 Å². The number of hydrogen-bond acceptors (Lipinski definition) is 0. The molecule has 1 fully saturated rings. The van der Waals surface area contributed by atoms with Crippen molar-refractivity contribution in [2.75, 3.05) is 19.6 Å². The molecule has 0 heterocycles. The van der Waals surface area contributed by atoms with E-state index in [0.29, 0.717) is 0 Å². The van der Waals surface area contributed by atoms with Gasteiger partial charge in [0.2, 0.25) is 0 Å². The van der Waals surface area contributed by atoms with Crippen molar-refractivity contribution in [1.29, 1.82) is 0 Å². The van der Waals surface area contributed by atoms with Crippen molar-refractivity contribution in [3.05, 3.63) is 0 Å². The van der Waals surface area contributed by atoms with E-state index in [4.69, 9.17) is 0 Å². The highest BCUT2D eigenvalue weighted by Crippen LogP contribution is 2.29. The van der Waals surface area contributed by atoms with Crippen LogP contribution in [0, 0.1) is 0 Å². The van der Waals surface area contributed by atoms with E-state index in [2.05, 4.69) is 20.8 Å². The summed E-state index contributed by atoms with van der Waals surface area (Å²) in [5.74, 6) is 0. The van der Waals surface area contributed by atoms with Crippen molar-refractivity contribution in [2.24, 2.45) is 0 Å². The topological polar surface area (TPSA) is 0 Å². The normalized spacial score (nSPS) is 19.4. The van der Waals surface area contributed by atoms with Crippen molar-refractivity contribution >= 4 is 0 Å². The van der Waals surface area contributed by atoms with E-state index in [1.54, 1.807) is 0 Å². The predicted octanol–water partition coefficient (Wildman–Crippen LogP) is 3.98. The zero-order valence-electron chi connectivity index (χ0n) is 11.1. The van der Waals surface area contributed by atoms with Gasteiger partial charge in [0, 0.05) is 0 Å². The van der Waals surface area contributed by atoms with Crippen LogP contribution in [0.2, 0.25) is 0 Å². The minimum absolute atomic E-state index is 0.989. The molecule has 15 heavy (non-hydrogen) atoms. The standard InChI is InChI=1S/C14H30N/c1-4-12-15(6-3,13-5-2)14-10-8-7-9-11-14/h14H,4-13H2,1-3H3/q+1. The van der Waals surface area contributed by atoms with Gasteiger partial charge in [-0.05, 0) is 45.4 Å². The lowest BCUT2D eigenvalue weighted by Gasteiger charge is -2.46. The quantitative estimate of drug-likeness (QED) is 0.584. The maximum atomic E-state index is 2.40. The van der Waals surface area contributed by atoms with Gasteiger partial charge in [-0.1, -0.05) is 20.3 Å². The fourth-order valence-electron chi connectivity index (χ4n) is 3.57. The van der Waals surface area contributed by atoms with Gasteiger partial charge in [0.15, 0.2) is 0 Å². The monoisotopic (exact) mass is 212 g/mol. The first-order chi connectivity index (χ1) is 7.29. The molecule has 0 saturated heterocycles. The first kappa shape index (κ1) is 13.0. The average Bonchev–Trinajstić information content (AvgIpc) is 2.30. The Balaban J connectivity index is 2.66. The molecule has 1 nitrogen and oxygen atoms in total. The van der Waals surface area contributed by atoms with Gasteiger partial charge in [0.1, 0.15) is 0 Å². The lowest BCUT2D eigenvalue weighted by molar-refractivity contribution is -0.951. The third kappa shape index (κ3) is 3.21. The highest BCUT2D eigenvalue weighted by Gasteiger charge is 2.34. The van der Waals surface area contributed by atoms with E-state index in [9.17, 15) is 0 Å². The van der Waals surface area contributed by atoms with Crippen LogP contribution in [0.15, 0.2) is 0 Å². The molecule has 1 saturated carbocycles. The van der Waals surface area contributed by atoms with Crippen molar-refractivity contribution in [3.8, 4) is 0 Å². The summed E-state index contributed by atoms with van der Waals surface area (Å²) in [6.07, 6.45) is 10.1. The molecule has 1 heteroatoms. The summed E-state index contributed by atoms with van der Waals surface area (Å²) in [6, 6.07) is 0.989. The summed E-state index contributed by atoms with van der Waals surface area (Å²) in [5.41, 5.74) is 0. The van der Waals surface area contributed by atoms with E-state index >= 15 is 0 Å². The molecule has 0 aromatic carbocycles. The Morgan fingerprint density at radius 2 is 1.40 bits per heavy atom. The summed E-state index contributed by atoms with van der Waals surface area (Å²) in [7, 11) is 0. The van der Waals surface area contributed by atoms with Gasteiger partial charge in [-0.2, -0.15) is 0 Å². The van der Waals surface area contributed by atoms with E-state index in [0.717, 1.165) is 6.04 Å². The summed E-state index contributed by atoms with van der Waals surface area (Å²) in [5, 5.41) is 0. The fourth-order valence-corrected chi connectivity index (χ4v) is 3.57. The fraction of sp³-hybridized carbons (Fsp3) is 1.00. The molecule has 0 radical (unpaired) electrons. The van der Waals surface area contributed by atoms with Crippen LogP contribution >= 0.6 is 0 Å². The molecule has 90 valence electrons. The SMILES string of the molecule is CCC[N+](CC)(CCC)C1CCCCC1. The largest absolute Gasteiger partial charge is 0.321 e. The Kier molecular flexibility index (Phi) is 5.66. The molecule has 1 rings (SSSR count). The van der Waals surface area contributed by atoms with Crippen LogP contribution in [-0.4, -0.2) is 30.2 Å². The molecular formula is C14H30N+. The summed E-state index contributed by atoms with van der Waals surface area (Å²) in [4.78, 5) is 0. The molecule has 0 N–H and O–H groups in total. The van der Waals surface area contributed by atoms with Crippen LogP contribution in [0.5, 0.6) is 0 Å². The summed E-state index contributed by atoms with van der Waals surface area (Å²) < 4.78 is 1.42. The number of quaternary nitrogens is 1. The van der Waals surface area contributed by atoms with Gasteiger partial charge >= 0.3 is 0 Å². The molecule has 0 aromatic heterocycles. The van der Waals surface area contributed by atoms with Gasteiger partial charge in [-0.15, -0.1) is 0 Å². The maximum Gasteiger partial charge on any atom is 0.0890 e. The van der Waals surface area contributed by atoms with Crippen molar-refractivity contribution in [3.63, 3.8) is 0 Å². The lowest BCUT2D eigenvalue weighted by atomic mass is 9.91. The molecule has 0 atom stereocenters. The van der Waals surface area contributed by atoms with Crippen LogP contribution in [0.25, 0.3) is 0 Å². The van der Waals surface area contributed by atoms with E-state index in [-0.39, 0.29) is 0 Å². The first-order valence-electron chi connectivity index (χ1n) is 7.14. The van der Waals surface area contributed by atoms with Crippen LogP contribution < -0.4 is 0 Å². The van der Waals surface area contributed by atoms with Crippen molar-refractivity contribution in [2.45, 2.75) is 71.8 Å². The number of rotatable bonds is 6. The summed E-state index contributed by atoms with van der Waals surface area (Å²) in [6.45, 7) is 11.3. The second kappa shape index (κ2) is 6.52. The molecule has 1 aliphatic rings. The second-order valence-electron chi connectivity index (χ2n) is 5.27. The van der Waals surface area contributed by atoms with Crippen LogP contribution in [-0.2, 0) is 0 Å². The molecule has 0 unspecified atom stereocenters. The van der Waals surface area contributed by atoms with Gasteiger partial charge in [-0.3, -0.25) is 0 Å². The van der Waals surface area contributed by atoms with Crippen molar-refractivity contribution in [1.82, 2.24) is 0 Å². The van der Waals surface area contributed by atoms with Gasteiger partial charge in [0.05, 0.1) is 25.7 Å². The number of nitrogens with zero attached hydrogens (tertiary/aromatic N) is 1. The predicted molar refractivity (Wildman–Crippen MR) is 68.0 cm³/mol. The second-order valence-corrected chi connectivity index (χ2v) is 5.27. The molecule has 0 bridgehead atoms.